The van der Waals surface area contributed by atoms with Crippen LogP contribution >= 0.6 is 0 Å². The Hall–Kier alpha value is -3.56. The van der Waals surface area contributed by atoms with Crippen LogP contribution in [0.2, 0.25) is 0 Å². The van der Waals surface area contributed by atoms with Crippen molar-refractivity contribution in [3.05, 3.63) is 85.1 Å². The summed E-state index contributed by atoms with van der Waals surface area (Å²) < 4.78 is 23.0. The molecule has 0 radical (unpaired) electrons. The van der Waals surface area contributed by atoms with Crippen molar-refractivity contribution in [1.29, 1.82) is 0 Å². The highest BCUT2D eigenvalue weighted by atomic mass is 16.7. The molecule has 0 unspecified atom stereocenters. The third kappa shape index (κ3) is 19.0. The van der Waals surface area contributed by atoms with Gasteiger partial charge >= 0.3 is 12.0 Å². The maximum atomic E-state index is 12.6. The number of carbonyl (C=O) groups excluding carboxylic acids is 2. The largest absolute Gasteiger partial charge is 0.462 e. The van der Waals surface area contributed by atoms with Gasteiger partial charge in [-0.05, 0) is 27.7 Å². The van der Waals surface area contributed by atoms with Gasteiger partial charge in [-0.2, -0.15) is 0 Å². The fourth-order valence-corrected chi connectivity index (χ4v) is 6.38. The fourth-order valence-electron chi connectivity index (χ4n) is 6.38. The molecule has 0 aromatic rings. The van der Waals surface area contributed by atoms with Crippen molar-refractivity contribution in [3.8, 4) is 0 Å². The van der Waals surface area contributed by atoms with E-state index in [9.17, 15) is 45.3 Å². The minimum absolute atomic E-state index is 0.0556. The van der Waals surface area contributed by atoms with Gasteiger partial charge in [0.25, 0.3) is 0 Å². The summed E-state index contributed by atoms with van der Waals surface area (Å²) in [6, 6.07) is -2.86. The molecule has 0 aliphatic carbocycles. The monoisotopic (exact) mass is 851 g/mol. The third-order valence-corrected chi connectivity index (χ3v) is 10.0. The van der Waals surface area contributed by atoms with E-state index in [0.717, 1.165) is 0 Å². The van der Waals surface area contributed by atoms with Gasteiger partial charge in [-0.25, -0.2) is 4.79 Å². The predicted molar refractivity (Wildman–Crippen MR) is 224 cm³/mol. The van der Waals surface area contributed by atoms with Crippen LogP contribution in [-0.4, -0.2) is 151 Å². The summed E-state index contributed by atoms with van der Waals surface area (Å²) >= 11 is 0. The Kier molecular flexibility index (Phi) is 23.4. The molecule has 12 N–H and O–H groups in total. The molecule has 2 aliphatic rings. The van der Waals surface area contributed by atoms with Gasteiger partial charge < -0.3 is 76.2 Å². The summed E-state index contributed by atoms with van der Waals surface area (Å²) in [5.74, 6) is -2.77. The molecule has 0 bridgehead atoms. The number of carbonyl (C=O) groups is 2. The molecule has 16 atom stereocenters. The van der Waals surface area contributed by atoms with Gasteiger partial charge in [0, 0.05) is 31.2 Å². The molecule has 0 aromatic carbocycles. The van der Waals surface area contributed by atoms with E-state index >= 15 is 0 Å². The molecule has 0 saturated carbocycles. The van der Waals surface area contributed by atoms with Crippen LogP contribution in [0.3, 0.4) is 0 Å². The van der Waals surface area contributed by atoms with E-state index < -0.39 is 104 Å². The van der Waals surface area contributed by atoms with E-state index in [2.05, 4.69) is 10.6 Å². The number of hydrogen-bond acceptors (Lipinski definition) is 15. The number of esters is 1. The second-order valence-electron chi connectivity index (χ2n) is 15.6. The molecule has 0 aromatic heterocycles. The van der Waals surface area contributed by atoms with E-state index in [1.807, 2.05) is 62.5 Å². The smallest absolute Gasteiger partial charge is 0.315 e. The highest BCUT2D eigenvalue weighted by Gasteiger charge is 2.46. The molecular formula is C43H69N3O14. The minimum atomic E-state index is -1.76. The van der Waals surface area contributed by atoms with Gasteiger partial charge in [-0.15, -0.1) is 0 Å². The lowest BCUT2D eigenvalue weighted by Gasteiger charge is -2.45. The van der Waals surface area contributed by atoms with E-state index in [4.69, 9.17) is 29.8 Å². The summed E-state index contributed by atoms with van der Waals surface area (Å²) in [7, 11) is 0. The van der Waals surface area contributed by atoms with Gasteiger partial charge in [0.15, 0.2) is 12.1 Å². The summed E-state index contributed by atoms with van der Waals surface area (Å²) in [6.07, 6.45) is 13.7. The van der Waals surface area contributed by atoms with Gasteiger partial charge in [-0.1, -0.05) is 98.9 Å². The molecule has 2 rings (SSSR count). The predicted octanol–water partition coefficient (Wildman–Crippen LogP) is 0.664. The summed E-state index contributed by atoms with van der Waals surface area (Å²) in [5.41, 5.74) is 6.02. The number of hydrogen-bond donors (Lipinski definition) is 11. The van der Waals surface area contributed by atoms with Gasteiger partial charge in [0.1, 0.15) is 12.2 Å². The first kappa shape index (κ1) is 52.6. The number of aliphatic hydroxyl groups excluding tert-OH is 7. The lowest BCUT2D eigenvalue weighted by Crippen LogP contribution is -2.63. The van der Waals surface area contributed by atoms with Crippen LogP contribution in [0, 0.1) is 11.8 Å². The number of nitrogens with two attached hydrogens (primary N) is 1. The Morgan fingerprint density at radius 3 is 1.98 bits per heavy atom. The van der Waals surface area contributed by atoms with Crippen molar-refractivity contribution in [3.63, 3.8) is 0 Å². The molecule has 60 heavy (non-hydrogen) atoms. The topological polar surface area (TPSA) is 283 Å². The molecule has 340 valence electrons. The molecule has 2 aliphatic heterocycles. The maximum Gasteiger partial charge on any atom is 0.315 e. The van der Waals surface area contributed by atoms with Crippen molar-refractivity contribution in [2.24, 2.45) is 17.6 Å². The van der Waals surface area contributed by atoms with Crippen molar-refractivity contribution in [2.45, 2.75) is 146 Å². The number of nitrogens with one attached hydrogen (secondary N) is 2. The highest BCUT2D eigenvalue weighted by Crippen LogP contribution is 2.31. The zero-order valence-corrected chi connectivity index (χ0v) is 35.4. The Morgan fingerprint density at radius 1 is 0.883 bits per heavy atom. The zero-order valence-electron chi connectivity index (χ0n) is 35.4. The Balaban J connectivity index is 2.03. The van der Waals surface area contributed by atoms with Crippen LogP contribution < -0.4 is 16.4 Å². The van der Waals surface area contributed by atoms with E-state index in [1.54, 1.807) is 50.3 Å². The van der Waals surface area contributed by atoms with Crippen molar-refractivity contribution < 1.29 is 69.4 Å². The van der Waals surface area contributed by atoms with Crippen LogP contribution in [-0.2, 0) is 23.7 Å². The quantitative estimate of drug-likeness (QED) is 0.0528. The maximum absolute atomic E-state index is 12.6. The molecule has 2 fully saturated rings. The molecule has 0 spiro atoms. The minimum Gasteiger partial charge on any atom is -0.462 e. The van der Waals surface area contributed by atoms with Crippen LogP contribution in [0.15, 0.2) is 85.1 Å². The second-order valence-corrected chi connectivity index (χ2v) is 15.6. The Bertz CT molecular complexity index is 1500. The van der Waals surface area contributed by atoms with Crippen LogP contribution in [0.4, 0.5) is 4.79 Å². The third-order valence-electron chi connectivity index (χ3n) is 10.0. The first-order valence-electron chi connectivity index (χ1n) is 20.3. The molecule has 2 heterocycles. The molecular weight excluding hydrogens is 782 g/mol. The average molecular weight is 852 g/mol. The van der Waals surface area contributed by atoms with E-state index in [1.165, 1.54) is 13.8 Å². The number of rotatable bonds is 22. The Labute approximate surface area is 353 Å². The van der Waals surface area contributed by atoms with Crippen molar-refractivity contribution in [2.75, 3.05) is 13.2 Å². The number of urea groups is 1. The van der Waals surface area contributed by atoms with Gasteiger partial charge in [0.2, 0.25) is 0 Å². The van der Waals surface area contributed by atoms with Crippen molar-refractivity contribution >= 4 is 12.0 Å². The normalized spacial score (nSPS) is 31.6. The molecule has 2 amide bonds. The molecule has 2 saturated heterocycles. The van der Waals surface area contributed by atoms with E-state index in [-0.39, 0.29) is 37.6 Å². The number of ether oxygens (including phenoxy) is 4. The summed E-state index contributed by atoms with van der Waals surface area (Å²) in [6.45, 7) is 9.05. The Morgan fingerprint density at radius 2 is 1.43 bits per heavy atom. The lowest BCUT2D eigenvalue weighted by molar-refractivity contribution is -0.291. The van der Waals surface area contributed by atoms with Gasteiger partial charge in [0.05, 0.1) is 73.9 Å². The average Bonchev–Trinajstić information content (AvgIpc) is 3.17. The standard InChI is InChI=1S/C43H69N3O14/c1-26(38(52)28(3)29(4)57-35(51)21-27(2)48)19-17-15-13-11-9-7-8-10-12-14-16-18-20-32(59-41-40(54)36(44)39(53)30(5)58-41)22-34-37(33(50)23-43(6,56)60-34)46-42(55)45-24-31(49)25-47/h7-20,26-34,36-41,47-50,52-54,56H,21-25,44H2,1-6H3,(H2,45,46,55)/b8-7+,11-9+,12-10+,15-13+,16-14+,19-17+,20-18+/t26-,27+,28-,29-,30+,31-,32-,33-,34-,36-,37+,38+,39+,40-,41-,43+/m0/s1. The number of amides is 2. The van der Waals surface area contributed by atoms with E-state index in [0.29, 0.717) is 0 Å². The van der Waals surface area contributed by atoms with Crippen LogP contribution in [0.25, 0.3) is 0 Å². The molecule has 17 nitrogen and oxygen atoms in total. The number of allylic oxidation sites excluding steroid dienone is 12. The number of aliphatic hydroxyl groups is 8. The van der Waals surface area contributed by atoms with Crippen molar-refractivity contribution in [1.82, 2.24) is 10.6 Å². The first-order valence-corrected chi connectivity index (χ1v) is 20.3. The fraction of sp³-hybridized carbons (Fsp3) is 0.628. The first-order chi connectivity index (χ1) is 28.3. The zero-order chi connectivity index (χ0) is 45.0. The van der Waals surface area contributed by atoms with Gasteiger partial charge in [-0.3, -0.25) is 4.79 Å². The SMILES string of the molecule is C[C@H]([C@H](O)[C@@H](C)/C=C/C=C/C=C/C=C/C=C/C=C/C=C/[C@@H](C[C@@H]1O[C@@](C)(O)C[C@H](O)[C@H]1NC(=O)NC[C@H](O)CO)O[C@@H]1O[C@H](C)[C@@H](O)[C@H](N)[C@@H]1O)[C@H](C)OC(=O)C[C@@H](C)O. The van der Waals surface area contributed by atoms with Crippen LogP contribution in [0.5, 0.6) is 0 Å². The summed E-state index contributed by atoms with van der Waals surface area (Å²) in [4.78, 5) is 24.5. The summed E-state index contributed by atoms with van der Waals surface area (Å²) in [5, 5.41) is 86.4. The second kappa shape index (κ2) is 26.7. The highest BCUT2D eigenvalue weighted by molar-refractivity contribution is 5.74. The van der Waals surface area contributed by atoms with Crippen LogP contribution in [0.1, 0.15) is 60.8 Å². The lowest BCUT2D eigenvalue weighted by atomic mass is 9.89. The molecule has 17 heteroatoms.